The Morgan fingerprint density at radius 1 is 0.895 bits per heavy atom. The lowest BCUT2D eigenvalue weighted by Crippen LogP contribution is -2.52. The first-order valence-electron chi connectivity index (χ1n) is 12.3. The lowest BCUT2D eigenvalue weighted by atomic mass is 10.0. The van der Waals surface area contributed by atoms with Gasteiger partial charge < -0.3 is 10.2 Å². The molecule has 0 spiro atoms. The highest BCUT2D eigenvalue weighted by molar-refractivity contribution is 7.99. The Bertz CT molecular complexity index is 1240. The third kappa shape index (κ3) is 9.10. The zero-order valence-electron chi connectivity index (χ0n) is 21.2. The van der Waals surface area contributed by atoms with Crippen molar-refractivity contribution >= 4 is 70.0 Å². The molecule has 3 rings (SSSR count). The molecule has 2 atom stereocenters. The number of hydrogen-bond donors (Lipinski definition) is 1. The number of rotatable bonds is 12. The van der Waals surface area contributed by atoms with E-state index in [0.29, 0.717) is 32.3 Å². The summed E-state index contributed by atoms with van der Waals surface area (Å²) in [6, 6.07) is 19.5. The van der Waals surface area contributed by atoms with Crippen molar-refractivity contribution < 1.29 is 9.59 Å². The van der Waals surface area contributed by atoms with E-state index in [1.165, 1.54) is 11.8 Å². The maximum Gasteiger partial charge on any atom is 0.243 e. The number of hydrogen-bond acceptors (Lipinski definition) is 3. The molecule has 38 heavy (non-hydrogen) atoms. The average Bonchev–Trinajstić information content (AvgIpc) is 2.89. The standard InChI is InChI=1S/C29H30Cl4N2O2S/c1-3-19(2)34-29(37)27(14-20-7-5-4-6-8-20)35(16-21-9-12-24(31)26(33)13-21)28(36)18-38-17-22-10-11-23(30)15-25(22)32/h4-13,15,19,27H,3,14,16-18H2,1-2H3,(H,34,37)/t19-,27+/m0/s1. The fourth-order valence-electron chi connectivity index (χ4n) is 3.80. The molecule has 3 aromatic rings. The fraction of sp³-hybridized carbons (Fsp3) is 0.310. The van der Waals surface area contributed by atoms with Crippen LogP contribution in [-0.4, -0.2) is 34.6 Å². The highest BCUT2D eigenvalue weighted by Crippen LogP contribution is 2.27. The highest BCUT2D eigenvalue weighted by atomic mass is 35.5. The van der Waals surface area contributed by atoms with Crippen LogP contribution in [0.25, 0.3) is 0 Å². The van der Waals surface area contributed by atoms with Crippen molar-refractivity contribution in [3.63, 3.8) is 0 Å². The van der Waals surface area contributed by atoms with Gasteiger partial charge in [0, 0.05) is 34.8 Å². The predicted octanol–water partition coefficient (Wildman–Crippen LogP) is 8.09. The van der Waals surface area contributed by atoms with Crippen molar-refractivity contribution in [3.8, 4) is 0 Å². The molecule has 0 aliphatic carbocycles. The van der Waals surface area contributed by atoms with Crippen LogP contribution in [0.5, 0.6) is 0 Å². The van der Waals surface area contributed by atoms with Gasteiger partial charge in [-0.3, -0.25) is 9.59 Å². The summed E-state index contributed by atoms with van der Waals surface area (Å²) in [6.07, 6.45) is 1.16. The first kappa shape index (κ1) is 30.6. The maximum absolute atomic E-state index is 13.7. The van der Waals surface area contributed by atoms with Crippen molar-refractivity contribution in [2.45, 2.75) is 51.1 Å². The van der Waals surface area contributed by atoms with E-state index in [1.807, 2.05) is 56.3 Å². The van der Waals surface area contributed by atoms with Crippen LogP contribution in [0.2, 0.25) is 20.1 Å². The van der Waals surface area contributed by atoms with Crippen molar-refractivity contribution in [2.75, 3.05) is 5.75 Å². The van der Waals surface area contributed by atoms with E-state index in [1.54, 1.807) is 29.2 Å². The number of amides is 2. The predicted molar refractivity (Wildman–Crippen MR) is 161 cm³/mol. The maximum atomic E-state index is 13.7. The number of carbonyl (C=O) groups is 2. The second-order valence-corrected chi connectivity index (χ2v) is 11.7. The molecule has 0 heterocycles. The second-order valence-electron chi connectivity index (χ2n) is 9.02. The Balaban J connectivity index is 1.88. The zero-order valence-corrected chi connectivity index (χ0v) is 25.1. The third-order valence-corrected chi connectivity index (χ3v) is 8.40. The Morgan fingerprint density at radius 3 is 2.29 bits per heavy atom. The Hall–Kier alpha value is -1.89. The number of benzene rings is 3. The molecule has 0 unspecified atom stereocenters. The van der Waals surface area contributed by atoms with E-state index < -0.39 is 6.04 Å². The monoisotopic (exact) mass is 610 g/mol. The van der Waals surface area contributed by atoms with Crippen LogP contribution >= 0.6 is 58.2 Å². The van der Waals surface area contributed by atoms with Crippen LogP contribution in [0.15, 0.2) is 66.7 Å². The van der Waals surface area contributed by atoms with Gasteiger partial charge >= 0.3 is 0 Å². The molecule has 0 aliphatic rings. The van der Waals surface area contributed by atoms with E-state index in [0.717, 1.165) is 23.1 Å². The summed E-state index contributed by atoms with van der Waals surface area (Å²) in [4.78, 5) is 28.9. The number of carbonyl (C=O) groups excluding carboxylic acids is 2. The van der Waals surface area contributed by atoms with Crippen LogP contribution in [0.3, 0.4) is 0 Å². The number of nitrogens with zero attached hydrogens (tertiary/aromatic N) is 1. The van der Waals surface area contributed by atoms with Gasteiger partial charge in [0.05, 0.1) is 15.8 Å². The van der Waals surface area contributed by atoms with E-state index in [-0.39, 0.29) is 30.2 Å². The molecule has 9 heteroatoms. The van der Waals surface area contributed by atoms with Crippen LogP contribution in [0, 0.1) is 0 Å². The van der Waals surface area contributed by atoms with Crippen molar-refractivity contribution in [2.24, 2.45) is 0 Å². The number of thioether (sulfide) groups is 1. The van der Waals surface area contributed by atoms with Gasteiger partial charge in [-0.05, 0) is 54.3 Å². The number of halogens is 4. The van der Waals surface area contributed by atoms with E-state index in [4.69, 9.17) is 46.4 Å². The summed E-state index contributed by atoms with van der Waals surface area (Å²) in [6.45, 7) is 4.17. The molecular formula is C29H30Cl4N2O2S. The average molecular weight is 612 g/mol. The van der Waals surface area contributed by atoms with Gasteiger partial charge in [-0.1, -0.05) is 95.8 Å². The highest BCUT2D eigenvalue weighted by Gasteiger charge is 2.31. The smallest absolute Gasteiger partial charge is 0.243 e. The molecule has 0 bridgehead atoms. The Kier molecular flexibility index (Phi) is 12.1. The van der Waals surface area contributed by atoms with Crippen LogP contribution < -0.4 is 5.32 Å². The first-order chi connectivity index (χ1) is 18.2. The van der Waals surface area contributed by atoms with Crippen molar-refractivity contribution in [1.29, 1.82) is 0 Å². The molecular weight excluding hydrogens is 582 g/mol. The summed E-state index contributed by atoms with van der Waals surface area (Å²) >= 11 is 26.2. The number of nitrogens with one attached hydrogen (secondary N) is 1. The van der Waals surface area contributed by atoms with E-state index >= 15 is 0 Å². The minimum atomic E-state index is -0.715. The van der Waals surface area contributed by atoms with Crippen LogP contribution in [-0.2, 0) is 28.3 Å². The first-order valence-corrected chi connectivity index (χ1v) is 14.9. The molecule has 4 nitrogen and oxygen atoms in total. The van der Waals surface area contributed by atoms with Gasteiger partial charge in [0.1, 0.15) is 6.04 Å². The van der Waals surface area contributed by atoms with Gasteiger partial charge in [-0.15, -0.1) is 11.8 Å². The normalized spacial score (nSPS) is 12.6. The van der Waals surface area contributed by atoms with Gasteiger partial charge in [0.25, 0.3) is 0 Å². The molecule has 0 fully saturated rings. The van der Waals surface area contributed by atoms with E-state index in [2.05, 4.69) is 5.32 Å². The van der Waals surface area contributed by atoms with Gasteiger partial charge in [-0.2, -0.15) is 0 Å². The van der Waals surface area contributed by atoms with Crippen LogP contribution in [0.4, 0.5) is 0 Å². The summed E-state index contributed by atoms with van der Waals surface area (Å²) in [7, 11) is 0. The van der Waals surface area contributed by atoms with Gasteiger partial charge in [-0.25, -0.2) is 0 Å². The lowest BCUT2D eigenvalue weighted by molar-refractivity contribution is -0.139. The Morgan fingerprint density at radius 2 is 1.63 bits per heavy atom. The molecule has 202 valence electrons. The third-order valence-electron chi connectivity index (χ3n) is 6.11. The Labute approximate surface area is 249 Å². The molecule has 0 aromatic heterocycles. The van der Waals surface area contributed by atoms with Crippen molar-refractivity contribution in [1.82, 2.24) is 10.2 Å². The summed E-state index contributed by atoms with van der Waals surface area (Å²) in [5.74, 6) is 0.348. The van der Waals surface area contributed by atoms with Crippen LogP contribution in [0.1, 0.15) is 37.0 Å². The van der Waals surface area contributed by atoms with E-state index in [9.17, 15) is 9.59 Å². The molecule has 0 saturated heterocycles. The molecule has 3 aromatic carbocycles. The van der Waals surface area contributed by atoms with Gasteiger partial charge in [0.2, 0.25) is 11.8 Å². The SMILES string of the molecule is CC[C@H](C)NC(=O)[C@@H](Cc1ccccc1)N(Cc1ccc(Cl)c(Cl)c1)C(=O)CSCc1ccc(Cl)cc1Cl. The van der Waals surface area contributed by atoms with Crippen molar-refractivity contribution in [3.05, 3.63) is 104 Å². The van der Waals surface area contributed by atoms with Gasteiger partial charge in [0.15, 0.2) is 0 Å². The summed E-state index contributed by atoms with van der Waals surface area (Å²) in [5.41, 5.74) is 2.64. The quantitative estimate of drug-likeness (QED) is 0.225. The fourth-order valence-corrected chi connectivity index (χ4v) is 5.59. The summed E-state index contributed by atoms with van der Waals surface area (Å²) < 4.78 is 0. The molecule has 0 radical (unpaired) electrons. The largest absolute Gasteiger partial charge is 0.352 e. The second kappa shape index (κ2) is 15.0. The summed E-state index contributed by atoms with van der Waals surface area (Å²) in [5, 5.41) is 5.01. The zero-order chi connectivity index (χ0) is 27.7. The minimum absolute atomic E-state index is 0.0240. The molecule has 0 saturated carbocycles. The molecule has 1 N–H and O–H groups in total. The molecule has 0 aliphatic heterocycles. The topological polar surface area (TPSA) is 49.4 Å². The molecule has 2 amide bonds. The minimum Gasteiger partial charge on any atom is -0.352 e. The lowest BCUT2D eigenvalue weighted by Gasteiger charge is -2.32.